The molecule has 4 aromatic rings. The highest BCUT2D eigenvalue weighted by molar-refractivity contribution is 5.99. The average Bonchev–Trinajstić information content (AvgIpc) is 3.39. The number of hydrogen-bond acceptors (Lipinski definition) is 6. The smallest absolute Gasteiger partial charge is 0.307 e. The van der Waals surface area contributed by atoms with Gasteiger partial charge in [-0.3, -0.25) is 14.4 Å². The molecule has 0 fully saturated rings. The van der Waals surface area contributed by atoms with Crippen molar-refractivity contribution >= 4 is 28.7 Å². The standard InChI is InChI=1S/C32H35N3O6/c1-20(2)41-29-13-12-23(21-8-10-22(11-9-21)31(38)33-15-14-30(37)40-3)17-27(29)32(39)35-25(19-36)16-24-18-34-28-7-5-4-6-26(24)28/h4-13,17-18,20,25,34,36H,14-16,19H2,1-3H3,(H,33,38)(H,35,39)/t25-/m1/s1. The number of nitrogens with one attached hydrogen (secondary N) is 3. The maximum atomic E-state index is 13.5. The summed E-state index contributed by atoms with van der Waals surface area (Å²) in [6, 6.07) is 19.7. The van der Waals surface area contributed by atoms with E-state index in [9.17, 15) is 19.5 Å². The van der Waals surface area contributed by atoms with Gasteiger partial charge in [0, 0.05) is 29.2 Å². The molecule has 0 saturated heterocycles. The number of para-hydroxylation sites is 1. The van der Waals surface area contributed by atoms with Crippen molar-refractivity contribution in [2.75, 3.05) is 20.3 Å². The zero-order chi connectivity index (χ0) is 29.4. The quantitative estimate of drug-likeness (QED) is 0.193. The first-order chi connectivity index (χ1) is 19.8. The number of hydrogen-bond donors (Lipinski definition) is 4. The van der Waals surface area contributed by atoms with Crippen molar-refractivity contribution in [1.82, 2.24) is 15.6 Å². The molecule has 9 nitrogen and oxygen atoms in total. The molecule has 0 aliphatic carbocycles. The third kappa shape index (κ3) is 7.52. The molecule has 41 heavy (non-hydrogen) atoms. The molecule has 3 aromatic carbocycles. The largest absolute Gasteiger partial charge is 0.490 e. The van der Waals surface area contributed by atoms with Crippen LogP contribution in [0.4, 0.5) is 0 Å². The van der Waals surface area contributed by atoms with E-state index in [0.29, 0.717) is 23.3 Å². The topological polar surface area (TPSA) is 130 Å². The van der Waals surface area contributed by atoms with Crippen molar-refractivity contribution < 1.29 is 29.0 Å². The van der Waals surface area contributed by atoms with E-state index in [4.69, 9.17) is 4.74 Å². The molecule has 2 amide bonds. The molecule has 9 heteroatoms. The number of methoxy groups -OCH3 is 1. The summed E-state index contributed by atoms with van der Waals surface area (Å²) in [6.45, 7) is 3.73. The Morgan fingerprint density at radius 1 is 0.951 bits per heavy atom. The van der Waals surface area contributed by atoms with Crippen molar-refractivity contribution in [2.24, 2.45) is 0 Å². The third-order valence-corrected chi connectivity index (χ3v) is 6.61. The van der Waals surface area contributed by atoms with Gasteiger partial charge in [-0.2, -0.15) is 0 Å². The predicted octanol–water partition coefficient (Wildman–Crippen LogP) is 4.25. The van der Waals surface area contributed by atoms with Gasteiger partial charge in [0.1, 0.15) is 5.75 Å². The van der Waals surface area contributed by atoms with Crippen LogP contribution in [0.5, 0.6) is 5.75 Å². The van der Waals surface area contributed by atoms with Crippen molar-refractivity contribution in [3.05, 3.63) is 89.6 Å². The summed E-state index contributed by atoms with van der Waals surface area (Å²) >= 11 is 0. The van der Waals surface area contributed by atoms with Crippen molar-refractivity contribution in [2.45, 2.75) is 38.8 Å². The van der Waals surface area contributed by atoms with Crippen LogP contribution >= 0.6 is 0 Å². The number of benzene rings is 3. The maximum Gasteiger partial charge on any atom is 0.307 e. The summed E-state index contributed by atoms with van der Waals surface area (Å²) < 4.78 is 10.5. The van der Waals surface area contributed by atoms with Crippen molar-refractivity contribution in [3.8, 4) is 16.9 Å². The summed E-state index contributed by atoms with van der Waals surface area (Å²) in [5.74, 6) is -0.616. The Hall–Kier alpha value is -4.63. The first kappa shape index (κ1) is 29.4. The van der Waals surface area contributed by atoms with E-state index in [1.54, 1.807) is 36.4 Å². The van der Waals surface area contributed by atoms with Gasteiger partial charge < -0.3 is 30.2 Å². The Labute approximate surface area is 238 Å². The molecule has 0 radical (unpaired) electrons. The number of fused-ring (bicyclic) bond motifs is 1. The SMILES string of the molecule is COC(=O)CCNC(=O)c1ccc(-c2ccc(OC(C)C)c(C(=O)N[C@@H](CO)Cc3c[nH]c4ccccc34)c2)cc1. The van der Waals surface area contributed by atoms with Gasteiger partial charge in [-0.25, -0.2) is 0 Å². The predicted molar refractivity (Wildman–Crippen MR) is 157 cm³/mol. The normalized spacial score (nSPS) is 11.7. The number of H-pyrrole nitrogens is 1. The minimum absolute atomic E-state index is 0.0921. The maximum absolute atomic E-state index is 13.5. The number of carbonyl (C=O) groups is 3. The zero-order valence-corrected chi connectivity index (χ0v) is 23.4. The van der Waals surface area contributed by atoms with Crippen LogP contribution < -0.4 is 15.4 Å². The molecule has 0 aliphatic rings. The summed E-state index contributed by atoms with van der Waals surface area (Å²) in [4.78, 5) is 40.4. The molecule has 1 heterocycles. The molecule has 214 valence electrons. The van der Waals surface area contributed by atoms with Crippen LogP contribution in [0.1, 0.15) is 46.5 Å². The zero-order valence-electron chi connectivity index (χ0n) is 23.4. The Balaban J connectivity index is 1.51. The van der Waals surface area contributed by atoms with Crippen LogP contribution in [-0.2, 0) is 16.0 Å². The lowest BCUT2D eigenvalue weighted by Crippen LogP contribution is -2.39. The van der Waals surface area contributed by atoms with Crippen LogP contribution in [0.3, 0.4) is 0 Å². The molecule has 4 N–H and O–H groups in total. The highest BCUT2D eigenvalue weighted by Gasteiger charge is 2.20. The number of carbonyl (C=O) groups excluding carboxylic acids is 3. The molecule has 0 unspecified atom stereocenters. The van der Waals surface area contributed by atoms with E-state index in [1.807, 2.05) is 50.4 Å². The molecule has 4 rings (SSSR count). The Bertz CT molecular complexity index is 1510. The Morgan fingerprint density at radius 3 is 2.39 bits per heavy atom. The van der Waals surface area contributed by atoms with E-state index in [0.717, 1.165) is 27.6 Å². The van der Waals surface area contributed by atoms with Crippen LogP contribution in [0.25, 0.3) is 22.0 Å². The number of amides is 2. The lowest BCUT2D eigenvalue weighted by molar-refractivity contribution is -0.140. The van der Waals surface area contributed by atoms with Crippen molar-refractivity contribution in [1.29, 1.82) is 0 Å². The van der Waals surface area contributed by atoms with Gasteiger partial charge in [-0.05, 0) is 67.3 Å². The number of esters is 1. The molecule has 1 atom stereocenters. The van der Waals surface area contributed by atoms with Crippen LogP contribution in [0.15, 0.2) is 72.9 Å². The molecule has 0 aliphatic heterocycles. The van der Waals surface area contributed by atoms with Crippen LogP contribution in [0.2, 0.25) is 0 Å². The second kappa shape index (κ2) is 13.6. The number of aromatic amines is 1. The number of aliphatic hydroxyl groups is 1. The van der Waals surface area contributed by atoms with E-state index in [-0.39, 0.29) is 37.5 Å². The molecule has 0 bridgehead atoms. The number of rotatable bonds is 12. The minimum Gasteiger partial charge on any atom is -0.490 e. The summed E-state index contributed by atoms with van der Waals surface area (Å²) in [5.41, 5.74) is 4.36. The summed E-state index contributed by atoms with van der Waals surface area (Å²) in [6.07, 6.45) is 2.30. The fourth-order valence-electron chi connectivity index (χ4n) is 4.53. The highest BCUT2D eigenvalue weighted by Crippen LogP contribution is 2.28. The molecule has 0 spiro atoms. The molecular formula is C32H35N3O6. The van der Waals surface area contributed by atoms with Gasteiger partial charge in [-0.1, -0.05) is 36.4 Å². The van der Waals surface area contributed by atoms with Gasteiger partial charge in [-0.15, -0.1) is 0 Å². The van der Waals surface area contributed by atoms with Gasteiger partial charge in [0.25, 0.3) is 11.8 Å². The minimum atomic E-state index is -0.505. The second-order valence-corrected chi connectivity index (χ2v) is 9.95. The number of aromatic nitrogens is 1. The van der Waals surface area contributed by atoms with E-state index >= 15 is 0 Å². The van der Waals surface area contributed by atoms with E-state index in [2.05, 4.69) is 20.4 Å². The third-order valence-electron chi connectivity index (χ3n) is 6.61. The lowest BCUT2D eigenvalue weighted by Gasteiger charge is -2.19. The Morgan fingerprint density at radius 2 is 1.68 bits per heavy atom. The fraction of sp³-hybridized carbons (Fsp3) is 0.281. The average molecular weight is 558 g/mol. The summed E-state index contributed by atoms with van der Waals surface area (Å²) in [5, 5.41) is 16.8. The van der Waals surface area contributed by atoms with Crippen molar-refractivity contribution in [3.63, 3.8) is 0 Å². The van der Waals surface area contributed by atoms with Gasteiger partial charge in [0.15, 0.2) is 0 Å². The van der Waals surface area contributed by atoms with Gasteiger partial charge in [0.05, 0.1) is 37.8 Å². The fourth-order valence-corrected chi connectivity index (χ4v) is 4.53. The first-order valence-electron chi connectivity index (χ1n) is 13.5. The van der Waals surface area contributed by atoms with Crippen LogP contribution in [0, 0.1) is 0 Å². The van der Waals surface area contributed by atoms with Gasteiger partial charge in [0.2, 0.25) is 0 Å². The molecule has 0 saturated carbocycles. The van der Waals surface area contributed by atoms with E-state index < -0.39 is 12.0 Å². The first-order valence-corrected chi connectivity index (χ1v) is 13.5. The summed E-state index contributed by atoms with van der Waals surface area (Å²) in [7, 11) is 1.30. The number of aliphatic hydroxyl groups excluding tert-OH is 1. The Kier molecular flexibility index (Phi) is 9.76. The highest BCUT2D eigenvalue weighted by atomic mass is 16.5. The molecular weight excluding hydrogens is 522 g/mol. The van der Waals surface area contributed by atoms with E-state index in [1.165, 1.54) is 7.11 Å². The molecule has 1 aromatic heterocycles. The van der Waals surface area contributed by atoms with Crippen LogP contribution in [-0.4, -0.2) is 60.3 Å². The number of ether oxygens (including phenoxy) is 2. The monoisotopic (exact) mass is 557 g/mol. The van der Waals surface area contributed by atoms with Gasteiger partial charge >= 0.3 is 5.97 Å². The lowest BCUT2D eigenvalue weighted by atomic mass is 10.00. The second-order valence-electron chi connectivity index (χ2n) is 9.95.